The highest BCUT2D eigenvalue weighted by atomic mass is 16.4. The quantitative estimate of drug-likeness (QED) is 0.607. The number of benzene rings is 1. The van der Waals surface area contributed by atoms with Gasteiger partial charge in [-0.1, -0.05) is 31.2 Å². The van der Waals surface area contributed by atoms with Crippen LogP contribution in [0.2, 0.25) is 0 Å². The maximum absolute atomic E-state index is 10.9. The Hall–Kier alpha value is -1.39. The number of aliphatic hydroxyl groups is 1. The molecule has 3 N–H and O–H groups in total. The van der Waals surface area contributed by atoms with E-state index >= 15 is 0 Å². The minimum absolute atomic E-state index is 0.253. The first-order chi connectivity index (χ1) is 9.54. The molecule has 4 nitrogen and oxygen atoms in total. The van der Waals surface area contributed by atoms with Crippen LogP contribution in [0.4, 0.5) is 0 Å². The van der Waals surface area contributed by atoms with Crippen molar-refractivity contribution in [2.24, 2.45) is 5.92 Å². The highest BCUT2D eigenvalue weighted by Gasteiger charge is 2.12. The number of aliphatic hydroxyl groups excluding tert-OH is 1. The first kappa shape index (κ1) is 16.7. The lowest BCUT2D eigenvalue weighted by Crippen LogP contribution is -2.16. The van der Waals surface area contributed by atoms with Crippen LogP contribution in [0.25, 0.3) is 0 Å². The first-order valence-corrected chi connectivity index (χ1v) is 7.17. The van der Waals surface area contributed by atoms with Gasteiger partial charge in [0.05, 0.1) is 5.92 Å². The zero-order valence-electron chi connectivity index (χ0n) is 12.3. The zero-order chi connectivity index (χ0) is 15.0. The largest absolute Gasteiger partial charge is 0.481 e. The molecular weight excluding hydrogens is 254 g/mol. The molecular formula is C16H25NO3. The Kier molecular flexibility index (Phi) is 7.26. The number of carbonyl (C=O) groups is 1. The molecule has 0 amide bonds. The molecule has 0 heterocycles. The van der Waals surface area contributed by atoms with Gasteiger partial charge >= 0.3 is 5.97 Å². The second-order valence-corrected chi connectivity index (χ2v) is 5.41. The Balaban J connectivity index is 2.30. The monoisotopic (exact) mass is 279 g/mol. The van der Waals surface area contributed by atoms with Crippen molar-refractivity contribution < 1.29 is 15.0 Å². The van der Waals surface area contributed by atoms with E-state index in [0.717, 1.165) is 37.1 Å². The second-order valence-electron chi connectivity index (χ2n) is 5.41. The van der Waals surface area contributed by atoms with Crippen LogP contribution in [0.3, 0.4) is 0 Å². The van der Waals surface area contributed by atoms with Crippen molar-refractivity contribution in [3.05, 3.63) is 35.4 Å². The molecule has 0 aliphatic heterocycles. The van der Waals surface area contributed by atoms with Gasteiger partial charge in [0, 0.05) is 13.2 Å². The number of nitrogens with one attached hydrogen (secondary N) is 1. The van der Waals surface area contributed by atoms with Crippen LogP contribution in [0.15, 0.2) is 24.3 Å². The summed E-state index contributed by atoms with van der Waals surface area (Å²) in [4.78, 5) is 10.9. The molecule has 1 rings (SSSR count). The van der Waals surface area contributed by atoms with Gasteiger partial charge in [0.1, 0.15) is 0 Å². The Morgan fingerprint density at radius 1 is 1.25 bits per heavy atom. The van der Waals surface area contributed by atoms with Gasteiger partial charge in [0.15, 0.2) is 0 Å². The number of hydrogen-bond acceptors (Lipinski definition) is 3. The van der Waals surface area contributed by atoms with Crippen molar-refractivity contribution in [2.45, 2.75) is 39.2 Å². The van der Waals surface area contributed by atoms with E-state index in [0.29, 0.717) is 5.92 Å². The van der Waals surface area contributed by atoms with E-state index in [1.54, 1.807) is 6.92 Å². The summed E-state index contributed by atoms with van der Waals surface area (Å²) in [7, 11) is 0. The summed E-state index contributed by atoms with van der Waals surface area (Å²) in [6.45, 7) is 5.70. The van der Waals surface area contributed by atoms with E-state index in [-0.39, 0.29) is 6.61 Å². The van der Waals surface area contributed by atoms with Gasteiger partial charge in [0.2, 0.25) is 0 Å². The van der Waals surface area contributed by atoms with Gasteiger partial charge in [-0.15, -0.1) is 0 Å². The van der Waals surface area contributed by atoms with Crippen LogP contribution < -0.4 is 5.32 Å². The fourth-order valence-corrected chi connectivity index (χ4v) is 1.97. The van der Waals surface area contributed by atoms with Crippen molar-refractivity contribution in [3.8, 4) is 0 Å². The molecule has 4 heteroatoms. The lowest BCUT2D eigenvalue weighted by molar-refractivity contribution is -0.138. The number of rotatable bonds is 9. The van der Waals surface area contributed by atoms with Gasteiger partial charge in [0.25, 0.3) is 0 Å². The fourth-order valence-electron chi connectivity index (χ4n) is 1.97. The average molecular weight is 279 g/mol. The molecule has 0 aliphatic rings. The summed E-state index contributed by atoms with van der Waals surface area (Å²) in [5, 5.41) is 21.2. The van der Waals surface area contributed by atoms with Gasteiger partial charge in [-0.25, -0.2) is 0 Å². The molecule has 0 aromatic heterocycles. The SMILES string of the molecule is CC(CO)CCCNCc1ccc(C(C)C(=O)O)cc1. The van der Waals surface area contributed by atoms with E-state index in [1.165, 1.54) is 0 Å². The molecule has 1 aromatic rings. The van der Waals surface area contributed by atoms with E-state index in [9.17, 15) is 4.79 Å². The first-order valence-electron chi connectivity index (χ1n) is 7.17. The van der Waals surface area contributed by atoms with Gasteiger partial charge in [-0.05, 0) is 43.4 Å². The van der Waals surface area contributed by atoms with Crippen LogP contribution >= 0.6 is 0 Å². The number of carboxylic acid groups (broad SMARTS) is 1. The molecule has 1 aromatic carbocycles. The number of carboxylic acids is 1. The van der Waals surface area contributed by atoms with Crippen LogP contribution in [0.5, 0.6) is 0 Å². The Labute approximate surface area is 120 Å². The van der Waals surface area contributed by atoms with Gasteiger partial charge in [-0.3, -0.25) is 4.79 Å². The highest BCUT2D eigenvalue weighted by Crippen LogP contribution is 2.16. The zero-order valence-corrected chi connectivity index (χ0v) is 12.3. The topological polar surface area (TPSA) is 69.6 Å². The third kappa shape index (κ3) is 5.72. The molecule has 0 bridgehead atoms. The molecule has 0 fully saturated rings. The third-order valence-corrected chi connectivity index (χ3v) is 3.54. The molecule has 0 radical (unpaired) electrons. The summed E-state index contributed by atoms with van der Waals surface area (Å²) in [5.41, 5.74) is 1.99. The van der Waals surface area contributed by atoms with Crippen LogP contribution in [-0.2, 0) is 11.3 Å². The highest BCUT2D eigenvalue weighted by molar-refractivity contribution is 5.75. The molecule has 2 unspecified atom stereocenters. The molecule has 2 atom stereocenters. The molecule has 0 saturated carbocycles. The fraction of sp³-hybridized carbons (Fsp3) is 0.562. The summed E-state index contributed by atoms with van der Waals surface area (Å²) in [5.74, 6) is -0.889. The number of hydrogen-bond donors (Lipinski definition) is 3. The lowest BCUT2D eigenvalue weighted by atomic mass is 10.00. The van der Waals surface area contributed by atoms with Gasteiger partial charge in [-0.2, -0.15) is 0 Å². The summed E-state index contributed by atoms with van der Waals surface area (Å²) >= 11 is 0. The van der Waals surface area contributed by atoms with E-state index in [1.807, 2.05) is 31.2 Å². The Morgan fingerprint density at radius 2 is 1.90 bits per heavy atom. The molecule has 112 valence electrons. The Morgan fingerprint density at radius 3 is 2.45 bits per heavy atom. The van der Waals surface area contributed by atoms with Crippen LogP contribution in [-0.4, -0.2) is 29.3 Å². The summed E-state index contributed by atoms with van der Waals surface area (Å²) in [6.07, 6.45) is 2.08. The molecule has 0 saturated heterocycles. The maximum Gasteiger partial charge on any atom is 0.310 e. The minimum atomic E-state index is -0.797. The van der Waals surface area contributed by atoms with Crippen molar-refractivity contribution in [3.63, 3.8) is 0 Å². The van der Waals surface area contributed by atoms with E-state index in [4.69, 9.17) is 10.2 Å². The van der Waals surface area contributed by atoms with Crippen LogP contribution in [0.1, 0.15) is 43.7 Å². The lowest BCUT2D eigenvalue weighted by Gasteiger charge is -2.10. The van der Waals surface area contributed by atoms with Crippen molar-refractivity contribution in [1.29, 1.82) is 0 Å². The normalized spacial score (nSPS) is 13.9. The maximum atomic E-state index is 10.9. The molecule has 0 spiro atoms. The smallest absolute Gasteiger partial charge is 0.310 e. The third-order valence-electron chi connectivity index (χ3n) is 3.54. The average Bonchev–Trinajstić information content (AvgIpc) is 2.46. The Bertz CT molecular complexity index is 403. The number of aliphatic carboxylic acids is 1. The molecule has 0 aliphatic carbocycles. The minimum Gasteiger partial charge on any atom is -0.481 e. The van der Waals surface area contributed by atoms with E-state index < -0.39 is 11.9 Å². The summed E-state index contributed by atoms with van der Waals surface area (Å²) < 4.78 is 0. The van der Waals surface area contributed by atoms with Crippen molar-refractivity contribution in [1.82, 2.24) is 5.32 Å². The van der Waals surface area contributed by atoms with Crippen molar-refractivity contribution >= 4 is 5.97 Å². The van der Waals surface area contributed by atoms with Gasteiger partial charge < -0.3 is 15.5 Å². The molecule has 20 heavy (non-hydrogen) atoms. The predicted molar refractivity (Wildman–Crippen MR) is 79.7 cm³/mol. The van der Waals surface area contributed by atoms with Crippen molar-refractivity contribution in [2.75, 3.05) is 13.2 Å². The standard InChI is InChI=1S/C16H25NO3/c1-12(11-18)4-3-9-17-10-14-5-7-15(8-6-14)13(2)16(19)20/h5-8,12-13,17-18H,3-4,9-11H2,1-2H3,(H,19,20). The predicted octanol–water partition coefficient (Wildman–Crippen LogP) is 2.37. The summed E-state index contributed by atoms with van der Waals surface area (Å²) in [6, 6.07) is 7.70. The van der Waals surface area contributed by atoms with Crippen LogP contribution in [0, 0.1) is 5.92 Å². The van der Waals surface area contributed by atoms with E-state index in [2.05, 4.69) is 5.32 Å². The second kappa shape index (κ2) is 8.72.